The fourth-order valence-electron chi connectivity index (χ4n) is 1.80. The molecular formula is C13H10Cl3FN2. The van der Waals surface area contributed by atoms with Crippen LogP contribution in [0.15, 0.2) is 36.4 Å². The largest absolute Gasteiger partial charge is 0.271 e. The highest BCUT2D eigenvalue weighted by Gasteiger charge is 2.18. The highest BCUT2D eigenvalue weighted by atomic mass is 35.5. The zero-order chi connectivity index (χ0) is 14.0. The molecule has 0 aliphatic heterocycles. The second-order valence-electron chi connectivity index (χ2n) is 3.92. The van der Waals surface area contributed by atoms with Crippen LogP contribution in [0.3, 0.4) is 0 Å². The van der Waals surface area contributed by atoms with E-state index in [1.165, 1.54) is 6.07 Å². The van der Waals surface area contributed by atoms with Crippen LogP contribution in [0, 0.1) is 5.82 Å². The lowest BCUT2D eigenvalue weighted by Crippen LogP contribution is -2.29. The van der Waals surface area contributed by atoms with Gasteiger partial charge >= 0.3 is 0 Å². The van der Waals surface area contributed by atoms with Gasteiger partial charge in [0.1, 0.15) is 5.82 Å². The summed E-state index contributed by atoms with van der Waals surface area (Å²) in [6, 6.07) is 9.16. The van der Waals surface area contributed by atoms with Gasteiger partial charge in [-0.05, 0) is 23.8 Å². The maximum atomic E-state index is 14.0. The van der Waals surface area contributed by atoms with E-state index in [9.17, 15) is 4.39 Å². The van der Waals surface area contributed by atoms with Crippen LogP contribution in [-0.4, -0.2) is 0 Å². The number of halogens is 4. The molecule has 2 aromatic rings. The van der Waals surface area contributed by atoms with Crippen molar-refractivity contribution < 1.29 is 4.39 Å². The lowest BCUT2D eigenvalue weighted by atomic mass is 9.99. The Labute approximate surface area is 125 Å². The van der Waals surface area contributed by atoms with Gasteiger partial charge in [-0.15, -0.1) is 0 Å². The maximum Gasteiger partial charge on any atom is 0.146 e. The van der Waals surface area contributed by atoms with Gasteiger partial charge in [-0.3, -0.25) is 5.84 Å². The molecule has 0 aromatic heterocycles. The van der Waals surface area contributed by atoms with Crippen LogP contribution in [0.4, 0.5) is 4.39 Å². The molecule has 6 heteroatoms. The minimum atomic E-state index is -0.562. The minimum Gasteiger partial charge on any atom is -0.271 e. The van der Waals surface area contributed by atoms with E-state index in [0.29, 0.717) is 21.2 Å². The van der Waals surface area contributed by atoms with Crippen molar-refractivity contribution in [3.05, 3.63) is 68.4 Å². The molecule has 0 saturated heterocycles. The summed E-state index contributed by atoms with van der Waals surface area (Å²) in [5.41, 5.74) is 3.58. The fourth-order valence-corrected chi connectivity index (χ4v) is 2.29. The lowest BCUT2D eigenvalue weighted by Gasteiger charge is -2.18. The number of benzene rings is 2. The van der Waals surface area contributed by atoms with E-state index in [1.807, 2.05) is 0 Å². The number of rotatable bonds is 3. The van der Waals surface area contributed by atoms with Crippen molar-refractivity contribution in [2.45, 2.75) is 6.04 Å². The van der Waals surface area contributed by atoms with Gasteiger partial charge < -0.3 is 0 Å². The Bertz CT molecular complexity index is 604. The topological polar surface area (TPSA) is 38.0 Å². The van der Waals surface area contributed by atoms with Gasteiger partial charge in [-0.2, -0.15) is 0 Å². The summed E-state index contributed by atoms with van der Waals surface area (Å²) in [5.74, 6) is 4.99. The van der Waals surface area contributed by atoms with E-state index in [-0.39, 0.29) is 5.02 Å². The Morgan fingerprint density at radius 3 is 2.37 bits per heavy atom. The molecule has 1 atom stereocenters. The molecule has 100 valence electrons. The number of nitrogens with one attached hydrogen (secondary N) is 1. The van der Waals surface area contributed by atoms with Gasteiger partial charge in [0, 0.05) is 5.56 Å². The van der Waals surface area contributed by atoms with Crippen molar-refractivity contribution in [1.29, 1.82) is 0 Å². The van der Waals surface area contributed by atoms with Gasteiger partial charge in [0.05, 0.1) is 21.1 Å². The minimum absolute atomic E-state index is 0.0396. The summed E-state index contributed by atoms with van der Waals surface area (Å²) in [7, 11) is 0. The molecular weight excluding hydrogens is 310 g/mol. The van der Waals surface area contributed by atoms with E-state index >= 15 is 0 Å². The Kier molecular flexibility index (Phi) is 4.66. The highest BCUT2D eigenvalue weighted by molar-refractivity contribution is 6.42. The summed E-state index contributed by atoms with van der Waals surface area (Å²) in [6.07, 6.45) is 0. The van der Waals surface area contributed by atoms with Crippen molar-refractivity contribution in [1.82, 2.24) is 5.43 Å². The van der Waals surface area contributed by atoms with E-state index in [0.717, 1.165) is 0 Å². The molecule has 0 aliphatic carbocycles. The molecule has 2 aromatic carbocycles. The predicted octanol–water partition coefficient (Wildman–Crippen LogP) is 4.34. The van der Waals surface area contributed by atoms with Crippen LogP contribution in [-0.2, 0) is 0 Å². The molecule has 1 unspecified atom stereocenters. The van der Waals surface area contributed by atoms with Gasteiger partial charge in [0.2, 0.25) is 0 Å². The van der Waals surface area contributed by atoms with Crippen LogP contribution in [0.25, 0.3) is 0 Å². The highest BCUT2D eigenvalue weighted by Crippen LogP contribution is 2.31. The van der Waals surface area contributed by atoms with E-state index < -0.39 is 11.9 Å². The Morgan fingerprint density at radius 1 is 1.00 bits per heavy atom. The van der Waals surface area contributed by atoms with Crippen molar-refractivity contribution >= 4 is 34.8 Å². The third-order valence-corrected chi connectivity index (χ3v) is 3.77. The number of hydrogen-bond donors (Lipinski definition) is 2. The summed E-state index contributed by atoms with van der Waals surface area (Å²) in [6.45, 7) is 0. The molecule has 3 N–H and O–H groups in total. The van der Waals surface area contributed by atoms with E-state index in [1.54, 1.807) is 30.3 Å². The molecule has 0 fully saturated rings. The van der Waals surface area contributed by atoms with Crippen LogP contribution in [0.2, 0.25) is 15.1 Å². The van der Waals surface area contributed by atoms with Crippen molar-refractivity contribution in [3.63, 3.8) is 0 Å². The Hall–Kier alpha value is -0.840. The number of hydrazine groups is 1. The van der Waals surface area contributed by atoms with Crippen LogP contribution >= 0.6 is 34.8 Å². The molecule has 0 aliphatic rings. The third-order valence-electron chi connectivity index (χ3n) is 2.74. The monoisotopic (exact) mass is 318 g/mol. The van der Waals surface area contributed by atoms with Crippen molar-refractivity contribution in [2.24, 2.45) is 5.84 Å². The maximum absolute atomic E-state index is 14.0. The molecule has 2 rings (SSSR count). The molecule has 0 saturated carbocycles. The smallest absolute Gasteiger partial charge is 0.146 e. The average Bonchev–Trinajstić information content (AvgIpc) is 2.39. The van der Waals surface area contributed by atoms with Crippen molar-refractivity contribution in [3.8, 4) is 0 Å². The van der Waals surface area contributed by atoms with Crippen LogP contribution in [0.1, 0.15) is 17.2 Å². The first-order valence-electron chi connectivity index (χ1n) is 5.39. The van der Waals surface area contributed by atoms with Crippen LogP contribution < -0.4 is 11.3 Å². The van der Waals surface area contributed by atoms with E-state index in [4.69, 9.17) is 40.6 Å². The molecule has 0 spiro atoms. The third kappa shape index (κ3) is 3.02. The molecule has 19 heavy (non-hydrogen) atoms. The average molecular weight is 320 g/mol. The normalized spacial score (nSPS) is 12.5. The van der Waals surface area contributed by atoms with E-state index in [2.05, 4.69) is 5.43 Å². The van der Waals surface area contributed by atoms with Gasteiger partial charge in [-0.25, -0.2) is 9.82 Å². The predicted molar refractivity (Wildman–Crippen MR) is 77.0 cm³/mol. The first kappa shape index (κ1) is 14.6. The molecule has 0 radical (unpaired) electrons. The zero-order valence-corrected chi connectivity index (χ0v) is 11.9. The zero-order valence-electron chi connectivity index (χ0n) is 9.63. The van der Waals surface area contributed by atoms with Crippen molar-refractivity contribution in [2.75, 3.05) is 0 Å². The standard InChI is InChI=1S/C13H10Cl3FN2/c14-9-5-4-7(6-11(9)16)13(19-18)8-2-1-3-10(15)12(8)17/h1-6,13,19H,18H2. The first-order valence-corrected chi connectivity index (χ1v) is 6.53. The second-order valence-corrected chi connectivity index (χ2v) is 5.14. The first-order chi connectivity index (χ1) is 9.04. The number of nitrogens with two attached hydrogens (primary N) is 1. The summed E-state index contributed by atoms with van der Waals surface area (Å²) < 4.78 is 14.0. The summed E-state index contributed by atoms with van der Waals surface area (Å²) in [5, 5.41) is 0.840. The fraction of sp³-hybridized carbons (Fsp3) is 0.0769. The van der Waals surface area contributed by atoms with Gasteiger partial charge in [0.15, 0.2) is 0 Å². The molecule has 0 bridgehead atoms. The summed E-state index contributed by atoms with van der Waals surface area (Å²) >= 11 is 17.6. The van der Waals surface area contributed by atoms with Crippen LogP contribution in [0.5, 0.6) is 0 Å². The SMILES string of the molecule is NNC(c1ccc(Cl)c(Cl)c1)c1cccc(Cl)c1F. The molecule has 2 nitrogen and oxygen atoms in total. The summed E-state index contributed by atoms with van der Waals surface area (Å²) in [4.78, 5) is 0. The van der Waals surface area contributed by atoms with Gasteiger partial charge in [-0.1, -0.05) is 53.0 Å². The van der Waals surface area contributed by atoms with Gasteiger partial charge in [0.25, 0.3) is 0 Å². The number of hydrogen-bond acceptors (Lipinski definition) is 2. The molecule has 0 heterocycles. The molecule has 0 amide bonds. The second kappa shape index (κ2) is 6.07. The lowest BCUT2D eigenvalue weighted by molar-refractivity contribution is 0.560. The Morgan fingerprint density at radius 2 is 1.74 bits per heavy atom. The quantitative estimate of drug-likeness (QED) is 0.652. The Balaban J connectivity index is 2.50.